The molecule has 0 unspecified atom stereocenters. The van der Waals surface area contributed by atoms with Crippen molar-refractivity contribution in [3.8, 4) is 16.9 Å². The van der Waals surface area contributed by atoms with Crippen LogP contribution in [0.3, 0.4) is 0 Å². The molecule has 0 atom stereocenters. The molecule has 4 nitrogen and oxygen atoms in total. The van der Waals surface area contributed by atoms with Gasteiger partial charge in [0.05, 0.1) is 13.4 Å². The molecule has 1 N–H and O–H groups in total. The molecule has 32 heavy (non-hydrogen) atoms. The van der Waals surface area contributed by atoms with Crippen molar-refractivity contribution in [1.82, 2.24) is 0 Å². The summed E-state index contributed by atoms with van der Waals surface area (Å²) in [6, 6.07) is 18.1. The summed E-state index contributed by atoms with van der Waals surface area (Å²) in [7, 11) is 1.64. The first-order valence-electron chi connectivity index (χ1n) is 10.6. The van der Waals surface area contributed by atoms with Crippen LogP contribution in [0, 0.1) is 20.8 Å². The molecule has 0 spiro atoms. The minimum Gasteiger partial charge on any atom is -0.496 e. The lowest BCUT2D eigenvalue weighted by Gasteiger charge is -2.14. The lowest BCUT2D eigenvalue weighted by atomic mass is 9.96. The molecule has 0 aliphatic carbocycles. The van der Waals surface area contributed by atoms with Crippen molar-refractivity contribution in [2.45, 2.75) is 27.7 Å². The fourth-order valence-electron chi connectivity index (χ4n) is 4.11. The van der Waals surface area contributed by atoms with E-state index in [1.165, 1.54) is 0 Å². The molecule has 162 valence electrons. The number of carbonyl (C=O) groups is 1. The number of hydrogen-bond acceptors (Lipinski definition) is 3. The average Bonchev–Trinajstić information content (AvgIpc) is 3.20. The second-order valence-corrected chi connectivity index (χ2v) is 8.11. The Balaban J connectivity index is 1.75. The highest BCUT2D eigenvalue weighted by Crippen LogP contribution is 2.40. The molecule has 0 radical (unpaired) electrons. The van der Waals surface area contributed by atoms with Gasteiger partial charge >= 0.3 is 0 Å². The summed E-state index contributed by atoms with van der Waals surface area (Å²) in [5, 5.41) is 3.98. The van der Waals surface area contributed by atoms with Gasteiger partial charge in [0, 0.05) is 33.8 Å². The molecule has 0 aliphatic rings. The summed E-state index contributed by atoms with van der Waals surface area (Å²) in [5.74, 6) is 0.532. The third-order valence-corrected chi connectivity index (χ3v) is 5.75. The van der Waals surface area contributed by atoms with E-state index in [1.807, 2.05) is 64.1 Å². The van der Waals surface area contributed by atoms with Crippen molar-refractivity contribution in [1.29, 1.82) is 0 Å². The predicted octanol–water partition coefficient (Wildman–Crippen LogP) is 7.08. The molecule has 0 fully saturated rings. The van der Waals surface area contributed by atoms with Crippen molar-refractivity contribution >= 4 is 28.1 Å². The molecule has 1 amide bonds. The number of furan rings is 1. The quantitative estimate of drug-likeness (QED) is 0.348. The summed E-state index contributed by atoms with van der Waals surface area (Å²) < 4.78 is 11.6. The van der Waals surface area contributed by atoms with Crippen LogP contribution in [0.2, 0.25) is 0 Å². The van der Waals surface area contributed by atoms with E-state index >= 15 is 0 Å². The maximum absolute atomic E-state index is 12.8. The van der Waals surface area contributed by atoms with E-state index in [0.717, 1.165) is 55.6 Å². The van der Waals surface area contributed by atoms with Gasteiger partial charge in [-0.1, -0.05) is 48.0 Å². The lowest BCUT2D eigenvalue weighted by molar-refractivity contribution is -0.111. The number of anilines is 1. The Hall–Kier alpha value is -3.79. The van der Waals surface area contributed by atoms with E-state index in [9.17, 15) is 4.79 Å². The van der Waals surface area contributed by atoms with Gasteiger partial charge in [0.1, 0.15) is 11.3 Å². The number of allylic oxidation sites excluding steroid dienone is 1. The van der Waals surface area contributed by atoms with Crippen LogP contribution in [0.25, 0.3) is 27.7 Å². The molecule has 4 aromatic rings. The summed E-state index contributed by atoms with van der Waals surface area (Å²) in [5.41, 5.74) is 8.48. The number of hydrogen-bond donors (Lipinski definition) is 1. The molecular formula is C28H27NO3. The fraction of sp³-hybridized carbons (Fsp3) is 0.179. The van der Waals surface area contributed by atoms with Gasteiger partial charge in [0.15, 0.2) is 0 Å². The van der Waals surface area contributed by atoms with Crippen molar-refractivity contribution in [2.75, 3.05) is 12.4 Å². The van der Waals surface area contributed by atoms with Crippen LogP contribution in [0.15, 0.2) is 71.4 Å². The highest BCUT2D eigenvalue weighted by molar-refractivity contribution is 6.06. The molecule has 3 aromatic carbocycles. The third kappa shape index (κ3) is 4.04. The largest absolute Gasteiger partial charge is 0.496 e. The predicted molar refractivity (Wildman–Crippen MR) is 131 cm³/mol. The Bertz CT molecular complexity index is 1330. The van der Waals surface area contributed by atoms with Crippen molar-refractivity contribution in [2.24, 2.45) is 0 Å². The van der Waals surface area contributed by atoms with E-state index in [1.54, 1.807) is 19.4 Å². The number of nitrogens with one attached hydrogen (secondary N) is 1. The van der Waals surface area contributed by atoms with Crippen LogP contribution < -0.4 is 10.1 Å². The number of rotatable bonds is 5. The van der Waals surface area contributed by atoms with E-state index < -0.39 is 0 Å². The first-order chi connectivity index (χ1) is 15.4. The molecule has 1 heterocycles. The van der Waals surface area contributed by atoms with Gasteiger partial charge < -0.3 is 14.5 Å². The summed E-state index contributed by atoms with van der Waals surface area (Å²) in [6.45, 7) is 7.93. The monoisotopic (exact) mass is 425 g/mol. The molecule has 1 aromatic heterocycles. The number of aryl methyl sites for hydroxylation is 3. The fourth-order valence-corrected chi connectivity index (χ4v) is 4.11. The highest BCUT2D eigenvalue weighted by Gasteiger charge is 2.18. The Kier molecular flexibility index (Phi) is 5.87. The van der Waals surface area contributed by atoms with Gasteiger partial charge in [-0.3, -0.25) is 4.79 Å². The van der Waals surface area contributed by atoms with Gasteiger partial charge in [-0.05, 0) is 56.5 Å². The normalized spacial score (nSPS) is 11.6. The number of amides is 1. The average molecular weight is 426 g/mol. The van der Waals surface area contributed by atoms with E-state index in [0.29, 0.717) is 5.75 Å². The number of ether oxygens (including phenoxy) is 1. The van der Waals surface area contributed by atoms with Crippen LogP contribution in [-0.4, -0.2) is 13.0 Å². The lowest BCUT2D eigenvalue weighted by Crippen LogP contribution is -2.10. The zero-order chi connectivity index (χ0) is 22.8. The van der Waals surface area contributed by atoms with Gasteiger partial charge in [0.2, 0.25) is 5.91 Å². The van der Waals surface area contributed by atoms with Gasteiger partial charge in [-0.15, -0.1) is 0 Å². The summed E-state index contributed by atoms with van der Waals surface area (Å²) in [6.07, 6.45) is 3.40. The molecule has 4 rings (SSSR count). The summed E-state index contributed by atoms with van der Waals surface area (Å²) in [4.78, 5) is 12.8. The molecule has 4 heteroatoms. The number of benzene rings is 3. The van der Waals surface area contributed by atoms with Crippen LogP contribution in [-0.2, 0) is 4.79 Å². The molecular weight excluding hydrogens is 398 g/mol. The number of carbonyl (C=O) groups excluding carboxylic acids is 1. The van der Waals surface area contributed by atoms with Gasteiger partial charge in [-0.2, -0.15) is 0 Å². The first-order valence-corrected chi connectivity index (χ1v) is 10.6. The van der Waals surface area contributed by atoms with E-state index in [4.69, 9.17) is 9.15 Å². The Morgan fingerprint density at radius 1 is 1.03 bits per heavy atom. The second-order valence-electron chi connectivity index (χ2n) is 8.11. The highest BCUT2D eigenvalue weighted by atomic mass is 16.5. The summed E-state index contributed by atoms with van der Waals surface area (Å²) >= 11 is 0. The SMILES string of the molecule is COc1c(/C(C)=C/C(=O)Nc2ccc(C)cc2C)cc2c(-c3ccccc3)coc2c1C. The zero-order valence-corrected chi connectivity index (χ0v) is 19.1. The Morgan fingerprint density at radius 3 is 2.47 bits per heavy atom. The maximum atomic E-state index is 12.8. The molecule has 0 aliphatic heterocycles. The molecule has 0 bridgehead atoms. The number of fused-ring (bicyclic) bond motifs is 1. The molecule has 0 saturated carbocycles. The smallest absolute Gasteiger partial charge is 0.248 e. The van der Waals surface area contributed by atoms with Crippen LogP contribution >= 0.6 is 0 Å². The zero-order valence-electron chi connectivity index (χ0n) is 19.1. The second kappa shape index (κ2) is 8.75. The molecule has 0 saturated heterocycles. The van der Waals surface area contributed by atoms with E-state index in [2.05, 4.69) is 23.5 Å². The van der Waals surface area contributed by atoms with Crippen molar-refractivity contribution in [3.05, 3.63) is 89.2 Å². The Labute approximate surface area is 188 Å². The topological polar surface area (TPSA) is 51.5 Å². The van der Waals surface area contributed by atoms with Gasteiger partial charge in [-0.25, -0.2) is 0 Å². The van der Waals surface area contributed by atoms with Crippen LogP contribution in [0.5, 0.6) is 5.75 Å². The van der Waals surface area contributed by atoms with E-state index in [-0.39, 0.29) is 5.91 Å². The minimum absolute atomic E-state index is 0.176. The van der Waals surface area contributed by atoms with Gasteiger partial charge in [0.25, 0.3) is 0 Å². The number of methoxy groups -OCH3 is 1. The van der Waals surface area contributed by atoms with Crippen LogP contribution in [0.4, 0.5) is 5.69 Å². The standard InChI is InChI=1S/C28H27NO3/c1-17-11-12-25(19(3)13-17)29-26(30)14-18(2)22-15-23-24(21-9-7-6-8-10-21)16-32-28(23)20(4)27(22)31-5/h6-16H,1-5H3,(H,29,30)/b18-14+. The third-order valence-electron chi connectivity index (χ3n) is 5.75. The minimum atomic E-state index is -0.176. The maximum Gasteiger partial charge on any atom is 0.248 e. The van der Waals surface area contributed by atoms with Crippen LogP contribution in [0.1, 0.15) is 29.2 Å². The first kappa shape index (κ1) is 21.4. The Morgan fingerprint density at radius 2 is 1.78 bits per heavy atom. The van der Waals surface area contributed by atoms with Crippen molar-refractivity contribution in [3.63, 3.8) is 0 Å². The van der Waals surface area contributed by atoms with Crippen molar-refractivity contribution < 1.29 is 13.9 Å².